The molecule has 0 saturated carbocycles. The third-order valence-corrected chi connectivity index (χ3v) is 4.76. The number of ether oxygens (including phenoxy) is 1. The second kappa shape index (κ2) is 8.89. The van der Waals surface area contributed by atoms with Crippen LogP contribution in [0.3, 0.4) is 0 Å². The lowest BCUT2D eigenvalue weighted by atomic mass is 9.84. The third-order valence-electron chi connectivity index (χ3n) is 4.76. The zero-order chi connectivity index (χ0) is 25.3. The normalized spacial score (nSPS) is 13.9. The predicted octanol–water partition coefficient (Wildman–Crippen LogP) is 5.18. The molecule has 0 radical (unpaired) electrons. The van der Waals surface area contributed by atoms with Gasteiger partial charge < -0.3 is 9.84 Å². The van der Waals surface area contributed by atoms with E-state index in [9.17, 15) is 37.2 Å². The predicted molar refractivity (Wildman–Crippen MR) is 102 cm³/mol. The zero-order valence-corrected chi connectivity index (χ0v) is 16.7. The number of hydrogen-bond acceptors (Lipinski definition) is 5. The highest BCUT2D eigenvalue weighted by atomic mass is 19.4. The van der Waals surface area contributed by atoms with Gasteiger partial charge in [-0.3, -0.25) is 15.1 Å². The largest absolute Gasteiger partial charge is 0.573 e. The minimum absolute atomic E-state index is 0.170. The molecular weight excluding hydrogens is 477 g/mol. The van der Waals surface area contributed by atoms with Crippen molar-refractivity contribution in [3.8, 4) is 16.9 Å². The van der Waals surface area contributed by atoms with E-state index < -0.39 is 58.0 Å². The summed E-state index contributed by atoms with van der Waals surface area (Å²) in [4.78, 5) is 13.2. The number of benzene rings is 2. The maximum absolute atomic E-state index is 15.3. The van der Waals surface area contributed by atoms with Crippen LogP contribution in [0.25, 0.3) is 11.1 Å². The first-order valence-electron chi connectivity index (χ1n) is 9.23. The number of hydrogen-bond donors (Lipinski definition) is 1. The molecule has 0 aliphatic heterocycles. The van der Waals surface area contributed by atoms with Crippen LogP contribution in [0.15, 0.2) is 60.8 Å². The molecule has 2 aromatic carbocycles. The fourth-order valence-corrected chi connectivity index (χ4v) is 3.18. The molecule has 0 fully saturated rings. The van der Waals surface area contributed by atoms with Gasteiger partial charge in [0.25, 0.3) is 0 Å². The molecule has 0 saturated heterocycles. The topological polar surface area (TPSA) is 85.5 Å². The van der Waals surface area contributed by atoms with Crippen molar-refractivity contribution >= 4 is 0 Å². The van der Waals surface area contributed by atoms with Crippen molar-refractivity contribution in [2.75, 3.05) is 6.54 Å². The van der Waals surface area contributed by atoms with Crippen LogP contribution < -0.4 is 4.74 Å². The summed E-state index contributed by atoms with van der Waals surface area (Å²) in [5.41, 5.74) is -5.66. The third kappa shape index (κ3) is 5.09. The molecule has 13 heteroatoms. The molecule has 0 bridgehead atoms. The lowest BCUT2D eigenvalue weighted by Crippen LogP contribution is -2.49. The Kier molecular flexibility index (Phi) is 6.51. The highest BCUT2D eigenvalue weighted by Crippen LogP contribution is 2.46. The molecule has 0 spiro atoms. The van der Waals surface area contributed by atoms with Gasteiger partial charge in [-0.2, -0.15) is 8.78 Å². The molecule has 0 unspecified atom stereocenters. The van der Waals surface area contributed by atoms with E-state index in [-0.39, 0.29) is 17.2 Å². The number of alkyl halides is 5. The smallest absolute Gasteiger partial charge is 0.406 e. The van der Waals surface area contributed by atoms with Crippen LogP contribution in [0, 0.1) is 21.7 Å². The summed E-state index contributed by atoms with van der Waals surface area (Å²) in [6, 6.07) is 7.38. The average Bonchev–Trinajstić information content (AvgIpc) is 2.72. The number of rotatable bonds is 7. The van der Waals surface area contributed by atoms with E-state index in [0.717, 1.165) is 24.4 Å². The monoisotopic (exact) mass is 490 g/mol. The molecule has 1 atom stereocenters. The fraction of sp³-hybridized carbons (Fsp3) is 0.190. The molecule has 1 aromatic heterocycles. The first kappa shape index (κ1) is 24.9. The van der Waals surface area contributed by atoms with E-state index in [2.05, 4.69) is 9.72 Å². The molecule has 0 aliphatic carbocycles. The summed E-state index contributed by atoms with van der Waals surface area (Å²) in [6.45, 7) is -1.83. The van der Waals surface area contributed by atoms with Gasteiger partial charge in [0.2, 0.25) is 12.1 Å². The van der Waals surface area contributed by atoms with Crippen LogP contribution in [0.2, 0.25) is 0 Å². The van der Waals surface area contributed by atoms with Crippen molar-refractivity contribution < 1.29 is 45.5 Å². The Morgan fingerprint density at radius 3 is 2.06 bits per heavy atom. The van der Waals surface area contributed by atoms with Crippen LogP contribution in [0.4, 0.5) is 30.7 Å². The second-order valence-corrected chi connectivity index (χ2v) is 7.05. The van der Waals surface area contributed by atoms with Crippen molar-refractivity contribution in [3.63, 3.8) is 0 Å². The van der Waals surface area contributed by atoms with Crippen LogP contribution in [0.5, 0.6) is 5.75 Å². The lowest BCUT2D eigenvalue weighted by Gasteiger charge is -2.32. The molecule has 3 aromatic rings. The van der Waals surface area contributed by atoms with Crippen LogP contribution in [-0.2, 0) is 11.5 Å². The Hall–Kier alpha value is -3.74. The van der Waals surface area contributed by atoms with E-state index in [4.69, 9.17) is 0 Å². The molecule has 180 valence electrons. The molecule has 0 aliphatic rings. The number of aliphatic hydroxyl groups is 1. The Morgan fingerprint density at radius 1 is 0.941 bits per heavy atom. The van der Waals surface area contributed by atoms with Gasteiger partial charge in [-0.1, -0.05) is 18.2 Å². The molecule has 34 heavy (non-hydrogen) atoms. The van der Waals surface area contributed by atoms with Gasteiger partial charge in [-0.05, 0) is 35.9 Å². The molecule has 1 heterocycles. The van der Waals surface area contributed by atoms with E-state index in [1.54, 1.807) is 0 Å². The van der Waals surface area contributed by atoms with Crippen LogP contribution >= 0.6 is 0 Å². The summed E-state index contributed by atoms with van der Waals surface area (Å²) in [6.07, 6.45) is -4.02. The number of aromatic nitrogens is 1. The van der Waals surface area contributed by atoms with E-state index >= 15 is 8.78 Å². The molecule has 3 rings (SSSR count). The van der Waals surface area contributed by atoms with Crippen molar-refractivity contribution in [1.82, 2.24) is 4.98 Å². The van der Waals surface area contributed by atoms with Gasteiger partial charge in [0.15, 0.2) is 0 Å². The molecule has 6 nitrogen and oxygen atoms in total. The summed E-state index contributed by atoms with van der Waals surface area (Å²) >= 11 is 0. The quantitative estimate of drug-likeness (QED) is 0.280. The molecule has 0 amide bonds. The summed E-state index contributed by atoms with van der Waals surface area (Å²) in [7, 11) is 0. The van der Waals surface area contributed by atoms with Gasteiger partial charge in [0.05, 0.1) is 0 Å². The first-order chi connectivity index (χ1) is 15.7. The Morgan fingerprint density at radius 2 is 1.56 bits per heavy atom. The molecule has 1 N–H and O–H groups in total. The Bertz CT molecular complexity index is 1190. The second-order valence-electron chi connectivity index (χ2n) is 7.05. The summed E-state index contributed by atoms with van der Waals surface area (Å²) in [5, 5.41) is 21.6. The van der Waals surface area contributed by atoms with Crippen molar-refractivity contribution in [2.45, 2.75) is 17.9 Å². The zero-order valence-electron chi connectivity index (χ0n) is 16.7. The van der Waals surface area contributed by atoms with Gasteiger partial charge in [-0.15, -0.1) is 13.2 Å². The maximum atomic E-state index is 15.3. The van der Waals surface area contributed by atoms with Gasteiger partial charge >= 0.3 is 12.3 Å². The average molecular weight is 490 g/mol. The Labute approximate surface area is 186 Å². The number of nitro groups is 1. The number of nitrogens with zero attached hydrogens (tertiary/aromatic N) is 2. The Balaban J connectivity index is 1.96. The number of halogens is 7. The van der Waals surface area contributed by atoms with Crippen molar-refractivity contribution in [3.05, 3.63) is 93.8 Å². The SMILES string of the molecule is O=[N+]([O-])C[C@](O)(c1ccc(F)cc1F)C(F)(F)c1ccc(-c2ccc(OC(F)(F)F)cc2)cn1. The van der Waals surface area contributed by atoms with Gasteiger partial charge in [0.1, 0.15) is 23.1 Å². The fourth-order valence-electron chi connectivity index (χ4n) is 3.18. The highest BCUT2D eigenvalue weighted by Gasteiger charge is 2.60. The number of pyridine rings is 1. The van der Waals surface area contributed by atoms with Gasteiger partial charge in [0, 0.05) is 28.3 Å². The minimum Gasteiger partial charge on any atom is -0.406 e. The highest BCUT2D eigenvalue weighted by molar-refractivity contribution is 5.63. The molecular formula is C21H13F7N2O4. The summed E-state index contributed by atoms with van der Waals surface area (Å²) in [5.74, 6) is -7.80. The van der Waals surface area contributed by atoms with E-state index in [1.807, 2.05) is 0 Å². The first-order valence-corrected chi connectivity index (χ1v) is 9.23. The van der Waals surface area contributed by atoms with Crippen molar-refractivity contribution in [1.29, 1.82) is 0 Å². The standard InChI is InChI=1S/C21H13F7N2O4/c22-14-4-7-16(17(23)9-14)19(31,11-30(32)33)20(24,25)18-8-3-13(10-29-18)12-1-5-15(6-2-12)34-21(26,27)28/h1-10,31H,11H2/t19-/m0/s1. The lowest BCUT2D eigenvalue weighted by molar-refractivity contribution is -0.514. The summed E-state index contributed by atoms with van der Waals surface area (Å²) < 4.78 is 98.5. The van der Waals surface area contributed by atoms with E-state index in [0.29, 0.717) is 18.2 Å². The van der Waals surface area contributed by atoms with Crippen LogP contribution in [0.1, 0.15) is 11.3 Å². The van der Waals surface area contributed by atoms with Gasteiger partial charge in [-0.25, -0.2) is 8.78 Å². The van der Waals surface area contributed by atoms with E-state index in [1.165, 1.54) is 12.1 Å². The van der Waals surface area contributed by atoms with Crippen molar-refractivity contribution in [2.24, 2.45) is 0 Å². The maximum Gasteiger partial charge on any atom is 0.573 e. The minimum atomic E-state index is -4.90. The van der Waals surface area contributed by atoms with Crippen LogP contribution in [-0.4, -0.2) is 27.9 Å².